The summed E-state index contributed by atoms with van der Waals surface area (Å²) in [6.45, 7) is 1.53. The topological polar surface area (TPSA) is 50.3 Å². The molecule has 0 saturated carbocycles. The summed E-state index contributed by atoms with van der Waals surface area (Å²) in [4.78, 5) is 15.4. The number of aromatic nitrogens is 1. The van der Waals surface area contributed by atoms with Gasteiger partial charge in [0.15, 0.2) is 0 Å². The molecule has 0 bridgehead atoms. The molecule has 0 saturated heterocycles. The summed E-state index contributed by atoms with van der Waals surface area (Å²) in [7, 11) is 2.84. The molecule has 0 spiro atoms. The minimum Gasteiger partial charge on any atom is -0.349 e. The Bertz CT molecular complexity index is 259. The Hall–Kier alpha value is -1.23. The van der Waals surface area contributed by atoms with Gasteiger partial charge in [0, 0.05) is 56.7 Å². The van der Waals surface area contributed by atoms with Gasteiger partial charge in [-0.2, -0.15) is 0 Å². The van der Waals surface area contributed by atoms with Gasteiger partial charge in [-0.3, -0.25) is 14.0 Å². The maximum atomic E-state index is 10.1. The number of carbonyl (C=O) groups is 1. The summed E-state index contributed by atoms with van der Waals surface area (Å²) < 4.78 is 9.56. The molecule has 0 aliphatic carbocycles. The number of hydrogen-bond donors (Lipinski definition) is 0. The highest BCUT2D eigenvalue weighted by molar-refractivity contribution is 7.83. The Morgan fingerprint density at radius 3 is 1.50 bits per heavy atom. The van der Waals surface area contributed by atoms with E-state index in [1.54, 1.807) is 39.0 Å². The smallest absolute Gasteiger partial charge is 0.218 e. The predicted molar refractivity (Wildman–Crippen MR) is 68.6 cm³/mol. The predicted octanol–water partition coefficient (Wildman–Crippen LogP) is 1.17. The minimum atomic E-state index is -0.611. The molecule has 5 heteroatoms. The van der Waals surface area contributed by atoms with Gasteiger partial charge in [0.25, 0.3) is 0 Å². The second-order valence-corrected chi connectivity index (χ2v) is 4.66. The highest BCUT2D eigenvalue weighted by atomic mass is 32.2. The average Bonchev–Trinajstić information content (AvgIpc) is 2.20. The van der Waals surface area contributed by atoms with Crippen molar-refractivity contribution >= 4 is 16.7 Å². The molecule has 0 aromatic carbocycles. The van der Waals surface area contributed by atoms with Crippen molar-refractivity contribution in [1.82, 2.24) is 9.88 Å². The van der Waals surface area contributed by atoms with Crippen molar-refractivity contribution < 1.29 is 9.00 Å². The quantitative estimate of drug-likeness (QED) is 0.688. The number of rotatable bonds is 0. The van der Waals surface area contributed by atoms with Crippen LogP contribution in [0.15, 0.2) is 30.6 Å². The molecule has 92 valence electrons. The lowest BCUT2D eigenvalue weighted by molar-refractivity contribution is -0.126. The van der Waals surface area contributed by atoms with E-state index >= 15 is 0 Å². The fourth-order valence-electron chi connectivity index (χ4n) is 0.313. The third-order valence-corrected chi connectivity index (χ3v) is 1.20. The second-order valence-electron chi connectivity index (χ2n) is 3.18. The van der Waals surface area contributed by atoms with Gasteiger partial charge in [0.05, 0.1) is 0 Å². The molecule has 1 heterocycles. The number of nitrogens with zero attached hydrogens (tertiary/aromatic N) is 2. The van der Waals surface area contributed by atoms with Crippen LogP contribution in [0, 0.1) is 0 Å². The van der Waals surface area contributed by atoms with E-state index in [0.717, 1.165) is 0 Å². The minimum absolute atomic E-state index is 0.0926. The zero-order valence-corrected chi connectivity index (χ0v) is 11.3. The lowest BCUT2D eigenvalue weighted by Crippen LogP contribution is -2.17. The Kier molecular flexibility index (Phi) is 12.7. The van der Waals surface area contributed by atoms with Gasteiger partial charge in [-0.05, 0) is 12.1 Å². The van der Waals surface area contributed by atoms with Crippen LogP contribution >= 0.6 is 0 Å². The van der Waals surface area contributed by atoms with Crippen molar-refractivity contribution in [2.24, 2.45) is 0 Å². The van der Waals surface area contributed by atoms with E-state index in [0.29, 0.717) is 0 Å². The second kappa shape index (κ2) is 11.8. The summed E-state index contributed by atoms with van der Waals surface area (Å²) in [5, 5.41) is 0. The third kappa shape index (κ3) is 23.0. The standard InChI is InChI=1S/C5H5N.C4H9NO.C2H6OS/c1-2-4-6-5-3-1;1-4(6)5(2)3;1-4(2)3/h1-5H;1-3H3;1-2H3. The van der Waals surface area contributed by atoms with E-state index in [9.17, 15) is 9.00 Å². The molecule has 16 heavy (non-hydrogen) atoms. The molecule has 1 aromatic heterocycles. The normalized spacial score (nSPS) is 8.12. The summed E-state index contributed by atoms with van der Waals surface area (Å²) in [5.41, 5.74) is 0. The highest BCUT2D eigenvalue weighted by Crippen LogP contribution is 1.73. The van der Waals surface area contributed by atoms with Crippen LogP contribution in [0.4, 0.5) is 0 Å². The Morgan fingerprint density at radius 2 is 1.44 bits per heavy atom. The summed E-state index contributed by atoms with van der Waals surface area (Å²) >= 11 is 0. The van der Waals surface area contributed by atoms with E-state index < -0.39 is 10.8 Å². The zero-order chi connectivity index (χ0) is 13.0. The van der Waals surface area contributed by atoms with Gasteiger partial charge in [-0.15, -0.1) is 0 Å². The van der Waals surface area contributed by atoms with Crippen molar-refractivity contribution in [2.75, 3.05) is 26.6 Å². The van der Waals surface area contributed by atoms with Crippen LogP contribution in [-0.4, -0.2) is 46.6 Å². The summed E-state index contributed by atoms with van der Waals surface area (Å²) in [6.07, 6.45) is 6.78. The first-order valence-electron chi connectivity index (χ1n) is 4.66. The van der Waals surface area contributed by atoms with Crippen molar-refractivity contribution in [3.8, 4) is 0 Å². The van der Waals surface area contributed by atoms with Crippen LogP contribution in [0.1, 0.15) is 6.92 Å². The molecule has 4 nitrogen and oxygen atoms in total. The van der Waals surface area contributed by atoms with Crippen LogP contribution in [0.25, 0.3) is 0 Å². The SMILES string of the molecule is CC(=O)N(C)C.CS(C)=O.c1ccncc1. The zero-order valence-electron chi connectivity index (χ0n) is 10.5. The fourth-order valence-corrected chi connectivity index (χ4v) is 0.313. The molecule has 0 fully saturated rings. The molecule has 1 aromatic rings. The van der Waals surface area contributed by atoms with Gasteiger partial charge in [0.1, 0.15) is 0 Å². The lowest BCUT2D eigenvalue weighted by atomic mass is 10.5. The first-order valence-corrected chi connectivity index (χ1v) is 6.62. The number of pyridine rings is 1. The van der Waals surface area contributed by atoms with Gasteiger partial charge in [-0.25, -0.2) is 0 Å². The lowest BCUT2D eigenvalue weighted by Gasteiger charge is -2.02. The van der Waals surface area contributed by atoms with Gasteiger partial charge in [0.2, 0.25) is 5.91 Å². The molecule has 0 aliphatic rings. The molecule has 0 radical (unpaired) electrons. The van der Waals surface area contributed by atoms with Crippen LogP contribution in [0.2, 0.25) is 0 Å². The van der Waals surface area contributed by atoms with E-state index in [-0.39, 0.29) is 5.91 Å². The van der Waals surface area contributed by atoms with Crippen LogP contribution in [-0.2, 0) is 15.6 Å². The summed E-state index contributed by atoms with van der Waals surface area (Å²) in [5.74, 6) is 0.0926. The molecular weight excluding hydrogens is 224 g/mol. The van der Waals surface area contributed by atoms with Gasteiger partial charge in [-0.1, -0.05) is 6.07 Å². The van der Waals surface area contributed by atoms with Crippen molar-refractivity contribution in [2.45, 2.75) is 6.92 Å². The molecule has 1 rings (SSSR count). The first kappa shape index (κ1) is 17.2. The molecule has 1 amide bonds. The monoisotopic (exact) mass is 244 g/mol. The number of hydrogen-bond acceptors (Lipinski definition) is 3. The van der Waals surface area contributed by atoms with Crippen LogP contribution in [0.3, 0.4) is 0 Å². The van der Waals surface area contributed by atoms with Gasteiger partial charge < -0.3 is 4.90 Å². The molecular formula is C11H20N2O2S. The van der Waals surface area contributed by atoms with Crippen molar-refractivity contribution in [1.29, 1.82) is 0 Å². The number of amides is 1. The van der Waals surface area contributed by atoms with Crippen molar-refractivity contribution in [3.05, 3.63) is 30.6 Å². The van der Waals surface area contributed by atoms with Crippen LogP contribution in [0.5, 0.6) is 0 Å². The Morgan fingerprint density at radius 1 is 1.12 bits per heavy atom. The van der Waals surface area contributed by atoms with E-state index in [2.05, 4.69) is 4.98 Å². The Labute approximate surface area is 100 Å². The molecule has 0 atom stereocenters. The molecule has 0 aliphatic heterocycles. The number of carbonyl (C=O) groups excluding carboxylic acids is 1. The van der Waals surface area contributed by atoms with E-state index in [4.69, 9.17) is 0 Å². The Balaban J connectivity index is 0. The summed E-state index contributed by atoms with van der Waals surface area (Å²) in [6, 6.07) is 5.72. The largest absolute Gasteiger partial charge is 0.349 e. The fraction of sp³-hybridized carbons (Fsp3) is 0.455. The highest BCUT2D eigenvalue weighted by Gasteiger charge is 1.87. The van der Waals surface area contributed by atoms with E-state index in [1.807, 2.05) is 18.2 Å². The van der Waals surface area contributed by atoms with E-state index in [1.165, 1.54) is 11.8 Å². The maximum Gasteiger partial charge on any atom is 0.218 e. The maximum absolute atomic E-state index is 10.1. The average molecular weight is 244 g/mol. The molecule has 0 unspecified atom stereocenters. The first-order chi connectivity index (χ1) is 7.37. The van der Waals surface area contributed by atoms with Crippen molar-refractivity contribution in [3.63, 3.8) is 0 Å². The third-order valence-electron chi connectivity index (χ3n) is 1.20. The molecule has 0 N–H and O–H groups in total. The van der Waals surface area contributed by atoms with Crippen LogP contribution < -0.4 is 0 Å². The van der Waals surface area contributed by atoms with Gasteiger partial charge >= 0.3 is 0 Å².